The molecular formula is C18H24F3N5O. The zero-order valence-corrected chi connectivity index (χ0v) is 15.4. The third kappa shape index (κ3) is 7.30. The van der Waals surface area contributed by atoms with Crippen LogP contribution in [0.5, 0.6) is 0 Å². The number of H-pyrrole nitrogens is 1. The fourth-order valence-electron chi connectivity index (χ4n) is 2.45. The molecule has 1 heterocycles. The Morgan fingerprint density at radius 1 is 1.30 bits per heavy atom. The maximum atomic E-state index is 12.0. The molecular weight excluding hydrogens is 359 g/mol. The number of ether oxygens (including phenoxy) is 1. The molecule has 0 aliphatic rings. The lowest BCUT2D eigenvalue weighted by Crippen LogP contribution is -2.39. The number of alkyl halides is 3. The monoisotopic (exact) mass is 383 g/mol. The summed E-state index contributed by atoms with van der Waals surface area (Å²) in [6, 6.07) is 9.89. The molecule has 6 nitrogen and oxygen atoms in total. The van der Waals surface area contributed by atoms with Crippen molar-refractivity contribution < 1.29 is 17.9 Å². The van der Waals surface area contributed by atoms with E-state index in [4.69, 9.17) is 0 Å². The molecule has 0 aliphatic carbocycles. The Morgan fingerprint density at radius 3 is 2.70 bits per heavy atom. The zero-order chi connectivity index (χ0) is 19.7. The Balaban J connectivity index is 1.77. The predicted octanol–water partition coefficient (Wildman–Crippen LogP) is 3.05. The van der Waals surface area contributed by atoms with Gasteiger partial charge in [-0.2, -0.15) is 13.2 Å². The van der Waals surface area contributed by atoms with Crippen LogP contribution in [0.4, 0.5) is 13.2 Å². The van der Waals surface area contributed by atoms with E-state index < -0.39 is 12.8 Å². The average molecular weight is 383 g/mol. The number of aromatic amines is 1. The summed E-state index contributed by atoms with van der Waals surface area (Å²) in [6.07, 6.45) is -2.06. The van der Waals surface area contributed by atoms with E-state index >= 15 is 0 Å². The molecule has 0 spiro atoms. The lowest BCUT2D eigenvalue weighted by molar-refractivity contribution is -0.173. The highest BCUT2D eigenvalue weighted by atomic mass is 19.4. The molecule has 9 heteroatoms. The molecule has 2 aromatic rings. The number of imidazole rings is 1. The number of guanidine groups is 1. The average Bonchev–Trinajstić information content (AvgIpc) is 3.09. The lowest BCUT2D eigenvalue weighted by Gasteiger charge is -2.21. The second-order valence-electron chi connectivity index (χ2n) is 5.96. The van der Waals surface area contributed by atoms with Crippen LogP contribution in [0, 0.1) is 0 Å². The molecule has 1 aromatic carbocycles. The van der Waals surface area contributed by atoms with E-state index in [0.29, 0.717) is 25.5 Å². The summed E-state index contributed by atoms with van der Waals surface area (Å²) in [5, 5.41) is 3.10. The normalized spacial score (nSPS) is 12.3. The maximum absolute atomic E-state index is 12.0. The van der Waals surface area contributed by atoms with Crippen LogP contribution in [-0.2, 0) is 11.3 Å². The number of rotatable bonds is 8. The van der Waals surface area contributed by atoms with E-state index in [9.17, 15) is 13.2 Å². The molecule has 27 heavy (non-hydrogen) atoms. The van der Waals surface area contributed by atoms with Gasteiger partial charge in [-0.15, -0.1) is 0 Å². The number of nitrogens with zero attached hydrogens (tertiary/aromatic N) is 3. The highest BCUT2D eigenvalue weighted by molar-refractivity contribution is 5.79. The van der Waals surface area contributed by atoms with Crippen LogP contribution in [-0.4, -0.2) is 60.9 Å². The summed E-state index contributed by atoms with van der Waals surface area (Å²) < 4.78 is 40.6. The number of nitrogens with one attached hydrogen (secondary N) is 2. The van der Waals surface area contributed by atoms with E-state index in [-0.39, 0.29) is 6.61 Å². The summed E-state index contributed by atoms with van der Waals surface area (Å²) in [4.78, 5) is 13.7. The third-order valence-electron chi connectivity index (χ3n) is 3.69. The summed E-state index contributed by atoms with van der Waals surface area (Å²) in [7, 11) is 3.51. The van der Waals surface area contributed by atoms with Crippen molar-refractivity contribution in [2.24, 2.45) is 4.99 Å². The molecule has 2 N–H and O–H groups in total. The first-order chi connectivity index (χ1) is 12.9. The SMILES string of the molecule is CN=C(NCCCOCC(F)(F)F)N(C)Cc1ncc(-c2ccccc2)[nH]1. The van der Waals surface area contributed by atoms with Gasteiger partial charge in [0.15, 0.2) is 5.96 Å². The van der Waals surface area contributed by atoms with Gasteiger partial charge in [-0.05, 0) is 12.0 Å². The molecule has 0 bridgehead atoms. The standard InChI is InChI=1S/C18H24F3N5O/c1-22-17(23-9-6-10-27-13-18(19,20)21)26(2)12-16-24-11-15(25-16)14-7-4-3-5-8-14/h3-5,7-8,11H,6,9-10,12-13H2,1-2H3,(H,22,23)(H,24,25). The van der Waals surface area contributed by atoms with Crippen molar-refractivity contribution in [1.29, 1.82) is 0 Å². The molecule has 0 atom stereocenters. The lowest BCUT2D eigenvalue weighted by atomic mass is 10.2. The van der Waals surface area contributed by atoms with E-state index in [1.807, 2.05) is 42.3 Å². The van der Waals surface area contributed by atoms with Crippen LogP contribution in [0.3, 0.4) is 0 Å². The van der Waals surface area contributed by atoms with Crippen molar-refractivity contribution in [3.63, 3.8) is 0 Å². The van der Waals surface area contributed by atoms with E-state index in [1.165, 1.54) is 0 Å². The minimum atomic E-state index is -4.29. The number of aliphatic imine (C=N–C) groups is 1. The van der Waals surface area contributed by atoms with E-state index in [1.54, 1.807) is 13.2 Å². The zero-order valence-electron chi connectivity index (χ0n) is 15.4. The topological polar surface area (TPSA) is 65.5 Å². The second kappa shape index (κ2) is 9.96. The molecule has 0 saturated carbocycles. The first kappa shape index (κ1) is 20.8. The maximum Gasteiger partial charge on any atom is 0.411 e. The Bertz CT molecular complexity index is 715. The smallest absolute Gasteiger partial charge is 0.372 e. The van der Waals surface area contributed by atoms with Crippen LogP contribution >= 0.6 is 0 Å². The van der Waals surface area contributed by atoms with Crippen molar-refractivity contribution in [1.82, 2.24) is 20.2 Å². The third-order valence-corrected chi connectivity index (χ3v) is 3.69. The molecule has 2 rings (SSSR count). The second-order valence-corrected chi connectivity index (χ2v) is 5.96. The van der Waals surface area contributed by atoms with Gasteiger partial charge in [0.2, 0.25) is 0 Å². The van der Waals surface area contributed by atoms with Crippen LogP contribution in [0.25, 0.3) is 11.3 Å². The number of aromatic nitrogens is 2. The molecule has 148 valence electrons. The van der Waals surface area contributed by atoms with Crippen molar-refractivity contribution in [3.8, 4) is 11.3 Å². The van der Waals surface area contributed by atoms with Gasteiger partial charge in [-0.3, -0.25) is 4.99 Å². The van der Waals surface area contributed by atoms with Gasteiger partial charge in [0, 0.05) is 27.2 Å². The van der Waals surface area contributed by atoms with E-state index in [2.05, 4.69) is 25.0 Å². The first-order valence-electron chi connectivity index (χ1n) is 8.54. The van der Waals surface area contributed by atoms with Gasteiger partial charge < -0.3 is 19.9 Å². The van der Waals surface area contributed by atoms with Gasteiger partial charge in [-0.25, -0.2) is 4.98 Å². The van der Waals surface area contributed by atoms with Crippen LogP contribution in [0.15, 0.2) is 41.5 Å². The van der Waals surface area contributed by atoms with Crippen molar-refractivity contribution in [3.05, 3.63) is 42.4 Å². The fourth-order valence-corrected chi connectivity index (χ4v) is 2.45. The highest BCUT2D eigenvalue weighted by Gasteiger charge is 2.27. The summed E-state index contributed by atoms with van der Waals surface area (Å²) >= 11 is 0. The summed E-state index contributed by atoms with van der Waals surface area (Å²) in [6.45, 7) is -0.213. The van der Waals surface area contributed by atoms with Gasteiger partial charge in [0.05, 0.1) is 18.4 Å². The Kier molecular flexibility index (Phi) is 7.66. The predicted molar refractivity (Wildman–Crippen MR) is 98.3 cm³/mol. The number of hydrogen-bond donors (Lipinski definition) is 2. The summed E-state index contributed by atoms with van der Waals surface area (Å²) in [5.41, 5.74) is 1.99. The van der Waals surface area contributed by atoms with Gasteiger partial charge in [-0.1, -0.05) is 30.3 Å². The van der Waals surface area contributed by atoms with Gasteiger partial charge in [0.1, 0.15) is 12.4 Å². The number of benzene rings is 1. The quantitative estimate of drug-likeness (QED) is 0.418. The Labute approximate surface area is 156 Å². The molecule has 0 amide bonds. The minimum Gasteiger partial charge on any atom is -0.372 e. The van der Waals surface area contributed by atoms with Crippen LogP contribution in [0.2, 0.25) is 0 Å². The Morgan fingerprint density at radius 2 is 2.04 bits per heavy atom. The van der Waals surface area contributed by atoms with Crippen molar-refractivity contribution >= 4 is 5.96 Å². The minimum absolute atomic E-state index is 0.0336. The molecule has 1 aromatic heterocycles. The fraction of sp³-hybridized carbons (Fsp3) is 0.444. The van der Waals surface area contributed by atoms with Gasteiger partial charge >= 0.3 is 6.18 Å². The van der Waals surface area contributed by atoms with Crippen molar-refractivity contribution in [2.45, 2.75) is 19.1 Å². The van der Waals surface area contributed by atoms with Crippen LogP contribution < -0.4 is 5.32 Å². The van der Waals surface area contributed by atoms with Crippen molar-refractivity contribution in [2.75, 3.05) is 33.9 Å². The largest absolute Gasteiger partial charge is 0.411 e. The molecule has 0 unspecified atom stereocenters. The van der Waals surface area contributed by atoms with E-state index in [0.717, 1.165) is 17.1 Å². The Hall–Kier alpha value is -2.55. The summed E-state index contributed by atoms with van der Waals surface area (Å²) in [5.74, 6) is 1.41. The first-order valence-corrected chi connectivity index (χ1v) is 8.54. The van der Waals surface area contributed by atoms with Crippen LogP contribution in [0.1, 0.15) is 12.2 Å². The van der Waals surface area contributed by atoms with Gasteiger partial charge in [0.25, 0.3) is 0 Å². The molecule has 0 saturated heterocycles. The molecule has 0 radical (unpaired) electrons. The highest BCUT2D eigenvalue weighted by Crippen LogP contribution is 2.16. The number of halogens is 3. The molecule has 0 fully saturated rings. The number of hydrogen-bond acceptors (Lipinski definition) is 3. The molecule has 0 aliphatic heterocycles.